The molecule has 4 nitrogen and oxygen atoms in total. The zero-order valence-electron chi connectivity index (χ0n) is 11.0. The van der Waals surface area contributed by atoms with Gasteiger partial charge in [0.15, 0.2) is 0 Å². The Hall–Kier alpha value is -1.49. The SMILES string of the molecule is CCCC(NC(=O)c1ccc(C)nc1C)C(N)=S. The number of thiocarbonyl (C=S) groups is 1. The van der Waals surface area contributed by atoms with Crippen molar-refractivity contribution in [2.45, 2.75) is 39.7 Å². The van der Waals surface area contributed by atoms with E-state index in [0.29, 0.717) is 16.2 Å². The number of aryl methyl sites for hydroxylation is 2. The molecule has 0 saturated carbocycles. The second-order valence-electron chi connectivity index (χ2n) is 4.30. The average Bonchev–Trinajstić information content (AvgIpc) is 2.27. The monoisotopic (exact) mass is 265 g/mol. The van der Waals surface area contributed by atoms with Gasteiger partial charge in [-0.15, -0.1) is 0 Å². The summed E-state index contributed by atoms with van der Waals surface area (Å²) in [4.78, 5) is 16.7. The van der Waals surface area contributed by atoms with Crippen LogP contribution in [-0.4, -0.2) is 21.9 Å². The van der Waals surface area contributed by atoms with Crippen LogP contribution in [0, 0.1) is 13.8 Å². The summed E-state index contributed by atoms with van der Waals surface area (Å²) in [7, 11) is 0. The highest BCUT2D eigenvalue weighted by atomic mass is 32.1. The summed E-state index contributed by atoms with van der Waals surface area (Å²) in [6.45, 7) is 5.73. The molecule has 0 radical (unpaired) electrons. The summed E-state index contributed by atoms with van der Waals surface area (Å²) in [6, 6.07) is 3.34. The number of hydrogen-bond acceptors (Lipinski definition) is 3. The summed E-state index contributed by atoms with van der Waals surface area (Å²) in [5.74, 6) is -0.175. The van der Waals surface area contributed by atoms with E-state index < -0.39 is 0 Å². The van der Waals surface area contributed by atoms with Gasteiger partial charge in [-0.3, -0.25) is 9.78 Å². The van der Waals surface area contributed by atoms with Crippen molar-refractivity contribution in [2.75, 3.05) is 0 Å². The molecule has 0 aliphatic heterocycles. The number of pyridine rings is 1. The molecule has 0 saturated heterocycles. The van der Waals surface area contributed by atoms with Gasteiger partial charge in [0.2, 0.25) is 0 Å². The number of carbonyl (C=O) groups is 1. The Morgan fingerprint density at radius 2 is 2.17 bits per heavy atom. The lowest BCUT2D eigenvalue weighted by Gasteiger charge is -2.17. The number of nitrogens with zero attached hydrogens (tertiary/aromatic N) is 1. The van der Waals surface area contributed by atoms with Crippen LogP contribution in [-0.2, 0) is 0 Å². The molecule has 1 heterocycles. The first-order valence-electron chi connectivity index (χ1n) is 6.00. The fraction of sp³-hybridized carbons (Fsp3) is 0.462. The van der Waals surface area contributed by atoms with E-state index in [2.05, 4.69) is 10.3 Å². The molecule has 0 bridgehead atoms. The fourth-order valence-electron chi connectivity index (χ4n) is 1.74. The van der Waals surface area contributed by atoms with Gasteiger partial charge < -0.3 is 11.1 Å². The largest absolute Gasteiger partial charge is 0.392 e. The third-order valence-electron chi connectivity index (χ3n) is 2.70. The molecular formula is C13H19N3OS. The number of nitrogens with two attached hydrogens (primary N) is 1. The summed E-state index contributed by atoms with van der Waals surface area (Å²) in [5.41, 5.74) is 7.79. The second-order valence-corrected chi connectivity index (χ2v) is 4.77. The van der Waals surface area contributed by atoms with Gasteiger partial charge >= 0.3 is 0 Å². The summed E-state index contributed by atoms with van der Waals surface area (Å²) < 4.78 is 0. The van der Waals surface area contributed by atoms with Gasteiger partial charge in [-0.05, 0) is 32.4 Å². The van der Waals surface area contributed by atoms with Crippen molar-refractivity contribution in [3.05, 3.63) is 29.1 Å². The molecule has 1 atom stereocenters. The van der Waals surface area contributed by atoms with Crippen molar-refractivity contribution in [2.24, 2.45) is 5.73 Å². The maximum Gasteiger partial charge on any atom is 0.253 e. The van der Waals surface area contributed by atoms with Gasteiger partial charge in [0.05, 0.1) is 22.3 Å². The molecular weight excluding hydrogens is 246 g/mol. The summed E-state index contributed by atoms with van der Waals surface area (Å²) in [6.07, 6.45) is 1.66. The van der Waals surface area contributed by atoms with Crippen molar-refractivity contribution < 1.29 is 4.79 Å². The van der Waals surface area contributed by atoms with Crippen LogP contribution in [0.2, 0.25) is 0 Å². The molecule has 18 heavy (non-hydrogen) atoms. The van der Waals surface area contributed by atoms with E-state index in [-0.39, 0.29) is 11.9 Å². The molecule has 0 spiro atoms. The van der Waals surface area contributed by atoms with E-state index in [1.165, 1.54) is 0 Å². The van der Waals surface area contributed by atoms with Crippen molar-refractivity contribution in [3.8, 4) is 0 Å². The van der Waals surface area contributed by atoms with E-state index in [0.717, 1.165) is 18.5 Å². The van der Waals surface area contributed by atoms with E-state index in [4.69, 9.17) is 18.0 Å². The first-order chi connectivity index (χ1) is 8.45. The first kappa shape index (κ1) is 14.6. The lowest BCUT2D eigenvalue weighted by Crippen LogP contribution is -2.43. The maximum atomic E-state index is 12.1. The number of hydrogen-bond donors (Lipinski definition) is 2. The maximum absolute atomic E-state index is 12.1. The van der Waals surface area contributed by atoms with Crippen molar-refractivity contribution in [3.63, 3.8) is 0 Å². The molecule has 1 aromatic heterocycles. The second kappa shape index (κ2) is 6.44. The lowest BCUT2D eigenvalue weighted by atomic mass is 10.1. The van der Waals surface area contributed by atoms with Crippen molar-refractivity contribution >= 4 is 23.1 Å². The Bertz CT molecular complexity index is 460. The number of amides is 1. The minimum absolute atomic E-state index is 0.175. The normalized spacial score (nSPS) is 11.9. The molecule has 1 aromatic rings. The average molecular weight is 265 g/mol. The van der Waals surface area contributed by atoms with E-state index in [1.54, 1.807) is 6.07 Å². The molecule has 5 heteroatoms. The van der Waals surface area contributed by atoms with Gasteiger partial charge in [-0.2, -0.15) is 0 Å². The number of aromatic nitrogens is 1. The zero-order valence-corrected chi connectivity index (χ0v) is 11.8. The lowest BCUT2D eigenvalue weighted by molar-refractivity contribution is 0.0944. The number of rotatable bonds is 5. The van der Waals surface area contributed by atoms with Crippen LogP contribution >= 0.6 is 12.2 Å². The third kappa shape index (κ3) is 3.77. The molecule has 0 aliphatic carbocycles. The summed E-state index contributed by atoms with van der Waals surface area (Å²) >= 11 is 4.95. The van der Waals surface area contributed by atoms with Crippen LogP contribution < -0.4 is 11.1 Å². The molecule has 98 valence electrons. The minimum atomic E-state index is -0.252. The van der Waals surface area contributed by atoms with Crippen LogP contribution in [0.4, 0.5) is 0 Å². The van der Waals surface area contributed by atoms with Crippen LogP contribution in [0.3, 0.4) is 0 Å². The van der Waals surface area contributed by atoms with Crippen LogP contribution in [0.1, 0.15) is 41.5 Å². The number of nitrogens with one attached hydrogen (secondary N) is 1. The van der Waals surface area contributed by atoms with Gasteiger partial charge in [0.25, 0.3) is 5.91 Å². The van der Waals surface area contributed by atoms with Gasteiger partial charge in [-0.25, -0.2) is 0 Å². The Balaban J connectivity index is 2.83. The Kier molecular flexibility index (Phi) is 5.22. The number of carbonyl (C=O) groups excluding carboxylic acids is 1. The van der Waals surface area contributed by atoms with Crippen molar-refractivity contribution in [1.82, 2.24) is 10.3 Å². The van der Waals surface area contributed by atoms with Gasteiger partial charge in [-0.1, -0.05) is 25.6 Å². The van der Waals surface area contributed by atoms with Crippen LogP contribution in [0.15, 0.2) is 12.1 Å². The summed E-state index contributed by atoms with van der Waals surface area (Å²) in [5, 5.41) is 2.85. The molecule has 0 aromatic carbocycles. The van der Waals surface area contributed by atoms with Gasteiger partial charge in [0.1, 0.15) is 0 Å². The molecule has 3 N–H and O–H groups in total. The van der Waals surface area contributed by atoms with Crippen molar-refractivity contribution in [1.29, 1.82) is 0 Å². The van der Waals surface area contributed by atoms with Crippen LogP contribution in [0.5, 0.6) is 0 Å². The predicted molar refractivity (Wildman–Crippen MR) is 76.7 cm³/mol. The van der Waals surface area contributed by atoms with E-state index >= 15 is 0 Å². The molecule has 0 fully saturated rings. The Morgan fingerprint density at radius 1 is 1.50 bits per heavy atom. The first-order valence-corrected chi connectivity index (χ1v) is 6.41. The van der Waals surface area contributed by atoms with E-state index in [9.17, 15) is 4.79 Å². The molecule has 0 aliphatic rings. The minimum Gasteiger partial charge on any atom is -0.392 e. The quantitative estimate of drug-likeness (QED) is 0.798. The highest BCUT2D eigenvalue weighted by Crippen LogP contribution is 2.07. The molecule has 1 unspecified atom stereocenters. The van der Waals surface area contributed by atoms with Crippen LogP contribution in [0.25, 0.3) is 0 Å². The Morgan fingerprint density at radius 3 is 2.67 bits per heavy atom. The highest BCUT2D eigenvalue weighted by Gasteiger charge is 2.17. The predicted octanol–water partition coefficient (Wildman–Crippen LogP) is 1.88. The van der Waals surface area contributed by atoms with E-state index in [1.807, 2.05) is 26.8 Å². The van der Waals surface area contributed by atoms with Gasteiger partial charge in [0, 0.05) is 5.69 Å². The molecule has 1 amide bonds. The third-order valence-corrected chi connectivity index (χ3v) is 2.98. The topological polar surface area (TPSA) is 68.0 Å². The Labute approximate surface area is 113 Å². The zero-order chi connectivity index (χ0) is 13.7. The molecule has 1 rings (SSSR count). The highest BCUT2D eigenvalue weighted by molar-refractivity contribution is 7.80. The fourth-order valence-corrected chi connectivity index (χ4v) is 1.91. The standard InChI is InChI=1S/C13H19N3OS/c1-4-5-11(12(14)18)16-13(17)10-7-6-8(2)15-9(10)3/h6-7,11H,4-5H2,1-3H3,(H2,14,18)(H,16,17). The smallest absolute Gasteiger partial charge is 0.253 e.